The van der Waals surface area contributed by atoms with Gasteiger partial charge in [0.2, 0.25) is 0 Å². The molecule has 0 aliphatic carbocycles. The van der Waals surface area contributed by atoms with Gasteiger partial charge in [0.25, 0.3) is 0 Å². The van der Waals surface area contributed by atoms with Crippen molar-refractivity contribution in [3.8, 4) is 12.3 Å². The second-order valence-electron chi connectivity index (χ2n) is 4.05. The maximum absolute atomic E-state index is 12.1. The van der Waals surface area contributed by atoms with Gasteiger partial charge in [-0.2, -0.15) is 0 Å². The van der Waals surface area contributed by atoms with Crippen molar-refractivity contribution >= 4 is 12.0 Å². The highest BCUT2D eigenvalue weighted by Gasteiger charge is 2.20. The number of rotatable bonds is 5. The van der Waals surface area contributed by atoms with Gasteiger partial charge in [0.1, 0.15) is 12.4 Å². The lowest BCUT2D eigenvalue weighted by Gasteiger charge is -2.25. The van der Waals surface area contributed by atoms with Crippen LogP contribution in [0.4, 0.5) is 4.79 Å². The topological polar surface area (TPSA) is 78.7 Å². The predicted molar refractivity (Wildman–Crippen MR) is 68.1 cm³/mol. The number of aliphatic carboxylic acids is 1. The van der Waals surface area contributed by atoms with Gasteiger partial charge in [0.05, 0.1) is 13.1 Å². The van der Waals surface area contributed by atoms with E-state index in [2.05, 4.69) is 10.9 Å². The van der Waals surface area contributed by atoms with E-state index < -0.39 is 18.5 Å². The summed E-state index contributed by atoms with van der Waals surface area (Å²) in [5.41, 5.74) is 0. The van der Waals surface area contributed by atoms with Crippen LogP contribution in [0.1, 0.15) is 5.82 Å². The van der Waals surface area contributed by atoms with Crippen molar-refractivity contribution in [2.45, 2.75) is 6.54 Å². The molecule has 0 unspecified atom stereocenters. The lowest BCUT2D eigenvalue weighted by atomic mass is 10.4. The van der Waals surface area contributed by atoms with Crippen LogP contribution in [0.3, 0.4) is 0 Å². The number of terminal acetylenes is 1. The van der Waals surface area contributed by atoms with Crippen molar-refractivity contribution in [3.63, 3.8) is 0 Å². The molecule has 0 bridgehead atoms. The third-order valence-corrected chi connectivity index (χ3v) is 2.50. The molecule has 0 aliphatic heterocycles. The summed E-state index contributed by atoms with van der Waals surface area (Å²) in [6, 6.07) is -0.441. The van der Waals surface area contributed by atoms with E-state index in [1.165, 1.54) is 4.90 Å². The fraction of sp³-hybridized carbons (Fsp3) is 0.417. The van der Waals surface area contributed by atoms with Gasteiger partial charge in [-0.25, -0.2) is 9.78 Å². The fourth-order valence-electron chi connectivity index (χ4n) is 1.53. The maximum Gasteiger partial charge on any atom is 0.323 e. The standard InChI is InChI=1S/C12H16N4O3/c1-4-6-16(9-11(17)18)12(19)15(3)8-10-13-5-7-14(10)2/h1,5,7H,6,8-9H2,2-3H3,(H,17,18). The van der Waals surface area contributed by atoms with Crippen molar-refractivity contribution in [2.75, 3.05) is 20.1 Å². The molecule has 2 amide bonds. The summed E-state index contributed by atoms with van der Waals surface area (Å²) < 4.78 is 1.78. The predicted octanol–water partition coefficient (Wildman–Crippen LogP) is -0.00830. The van der Waals surface area contributed by atoms with Crippen LogP contribution < -0.4 is 0 Å². The van der Waals surface area contributed by atoms with Crippen LogP contribution in [0, 0.1) is 12.3 Å². The van der Waals surface area contributed by atoms with Crippen LogP contribution in [-0.4, -0.2) is 56.6 Å². The Hall–Kier alpha value is -2.49. The summed E-state index contributed by atoms with van der Waals surface area (Å²) in [5.74, 6) is 1.87. The highest BCUT2D eigenvalue weighted by Crippen LogP contribution is 2.03. The molecule has 0 atom stereocenters. The van der Waals surface area contributed by atoms with Crippen molar-refractivity contribution in [3.05, 3.63) is 18.2 Å². The lowest BCUT2D eigenvalue weighted by molar-refractivity contribution is -0.137. The normalized spacial score (nSPS) is 9.74. The SMILES string of the molecule is C#CCN(CC(=O)O)C(=O)N(C)Cc1nccn1C. The van der Waals surface area contributed by atoms with E-state index in [0.29, 0.717) is 5.82 Å². The Morgan fingerprint density at radius 3 is 2.74 bits per heavy atom. The van der Waals surface area contributed by atoms with Gasteiger partial charge >= 0.3 is 12.0 Å². The number of imidazole rings is 1. The Kier molecular flexibility index (Phi) is 4.94. The van der Waals surface area contributed by atoms with Gasteiger partial charge in [-0.05, 0) is 0 Å². The van der Waals surface area contributed by atoms with Gasteiger partial charge in [0, 0.05) is 26.5 Å². The van der Waals surface area contributed by atoms with Crippen LogP contribution in [0.5, 0.6) is 0 Å². The number of hydrogen-bond acceptors (Lipinski definition) is 3. The van der Waals surface area contributed by atoms with E-state index in [9.17, 15) is 9.59 Å². The minimum atomic E-state index is -1.10. The molecule has 1 heterocycles. The molecule has 0 saturated heterocycles. The average molecular weight is 264 g/mol. The minimum absolute atomic E-state index is 0.0456. The van der Waals surface area contributed by atoms with Crippen molar-refractivity contribution in [2.24, 2.45) is 7.05 Å². The summed E-state index contributed by atoms with van der Waals surface area (Å²) in [6.07, 6.45) is 8.53. The first-order chi connectivity index (χ1) is 8.95. The summed E-state index contributed by atoms with van der Waals surface area (Å²) in [5, 5.41) is 8.74. The summed E-state index contributed by atoms with van der Waals surface area (Å²) >= 11 is 0. The molecule has 0 fully saturated rings. The van der Waals surface area contributed by atoms with Crippen LogP contribution in [0.2, 0.25) is 0 Å². The molecule has 0 aromatic carbocycles. The minimum Gasteiger partial charge on any atom is -0.480 e. The zero-order valence-corrected chi connectivity index (χ0v) is 10.9. The Morgan fingerprint density at radius 2 is 2.26 bits per heavy atom. The molecule has 0 spiro atoms. The zero-order valence-electron chi connectivity index (χ0n) is 10.9. The molecule has 1 aromatic heterocycles. The molecule has 102 valence electrons. The average Bonchev–Trinajstić information content (AvgIpc) is 2.73. The van der Waals surface area contributed by atoms with E-state index in [-0.39, 0.29) is 13.1 Å². The number of carboxylic acids is 1. The first-order valence-corrected chi connectivity index (χ1v) is 5.57. The van der Waals surface area contributed by atoms with Crippen LogP contribution in [0.25, 0.3) is 0 Å². The van der Waals surface area contributed by atoms with Gasteiger partial charge < -0.3 is 19.5 Å². The molecular formula is C12H16N4O3. The third-order valence-electron chi connectivity index (χ3n) is 2.50. The van der Waals surface area contributed by atoms with Gasteiger partial charge in [0.15, 0.2) is 0 Å². The molecule has 7 nitrogen and oxygen atoms in total. The van der Waals surface area contributed by atoms with Crippen LogP contribution in [0.15, 0.2) is 12.4 Å². The monoisotopic (exact) mass is 264 g/mol. The first-order valence-electron chi connectivity index (χ1n) is 5.57. The third kappa shape index (κ3) is 4.03. The number of urea groups is 1. The number of carbonyl (C=O) groups excluding carboxylic acids is 1. The molecule has 1 rings (SSSR count). The molecule has 0 aliphatic rings. The molecule has 0 radical (unpaired) electrons. The molecule has 7 heteroatoms. The number of aromatic nitrogens is 2. The van der Waals surface area contributed by atoms with Gasteiger partial charge in [-0.1, -0.05) is 5.92 Å². The summed E-state index contributed by atoms with van der Waals surface area (Å²) in [6.45, 7) is -0.187. The Labute approximate surface area is 111 Å². The smallest absolute Gasteiger partial charge is 0.323 e. The molecule has 1 aromatic rings. The van der Waals surface area contributed by atoms with Crippen LogP contribution >= 0.6 is 0 Å². The number of hydrogen-bond donors (Lipinski definition) is 1. The molecule has 0 saturated carbocycles. The largest absolute Gasteiger partial charge is 0.480 e. The number of carboxylic acid groups (broad SMARTS) is 1. The number of aryl methyl sites for hydroxylation is 1. The van der Waals surface area contributed by atoms with E-state index >= 15 is 0 Å². The van der Waals surface area contributed by atoms with Crippen molar-refractivity contribution in [1.29, 1.82) is 0 Å². The number of carbonyl (C=O) groups is 2. The van der Waals surface area contributed by atoms with Gasteiger partial charge in [-0.15, -0.1) is 6.42 Å². The van der Waals surface area contributed by atoms with E-state index in [1.807, 2.05) is 7.05 Å². The molecule has 1 N–H and O–H groups in total. The van der Waals surface area contributed by atoms with E-state index in [1.54, 1.807) is 24.0 Å². The fourth-order valence-corrected chi connectivity index (χ4v) is 1.53. The van der Waals surface area contributed by atoms with Crippen LogP contribution in [-0.2, 0) is 18.4 Å². The highest BCUT2D eigenvalue weighted by atomic mass is 16.4. The van der Waals surface area contributed by atoms with Crippen molar-refractivity contribution in [1.82, 2.24) is 19.4 Å². The second-order valence-corrected chi connectivity index (χ2v) is 4.05. The Bertz CT molecular complexity index is 503. The molecule has 19 heavy (non-hydrogen) atoms. The summed E-state index contributed by atoms with van der Waals surface area (Å²) in [7, 11) is 3.39. The molecular weight excluding hydrogens is 248 g/mol. The second kappa shape index (κ2) is 6.44. The van der Waals surface area contributed by atoms with E-state index in [0.717, 1.165) is 4.90 Å². The summed E-state index contributed by atoms with van der Waals surface area (Å²) in [4.78, 5) is 29.3. The zero-order chi connectivity index (χ0) is 14.4. The van der Waals surface area contributed by atoms with Gasteiger partial charge in [-0.3, -0.25) is 4.79 Å². The van der Waals surface area contributed by atoms with E-state index in [4.69, 9.17) is 11.5 Å². The Balaban J connectivity index is 2.71. The van der Waals surface area contributed by atoms with Crippen molar-refractivity contribution < 1.29 is 14.7 Å². The Morgan fingerprint density at radius 1 is 1.58 bits per heavy atom. The highest BCUT2D eigenvalue weighted by molar-refractivity contribution is 5.80. The quantitative estimate of drug-likeness (QED) is 0.759. The maximum atomic E-state index is 12.1. The number of nitrogens with zero attached hydrogens (tertiary/aromatic N) is 4. The number of amides is 2. The lowest BCUT2D eigenvalue weighted by Crippen LogP contribution is -2.43. The first kappa shape index (κ1) is 14.6.